The topological polar surface area (TPSA) is 112 Å². The van der Waals surface area contributed by atoms with Crippen molar-refractivity contribution >= 4 is 17.7 Å². The van der Waals surface area contributed by atoms with Crippen LogP contribution < -0.4 is 20.1 Å². The molecule has 0 bridgehead atoms. The van der Waals surface area contributed by atoms with Gasteiger partial charge in [0, 0.05) is 11.8 Å². The molecule has 0 aliphatic rings. The molecule has 136 valence electrons. The first-order chi connectivity index (χ1) is 12.5. The van der Waals surface area contributed by atoms with Crippen molar-refractivity contribution in [2.75, 3.05) is 24.9 Å². The Hall–Kier alpha value is -3.49. The lowest BCUT2D eigenvalue weighted by atomic mass is 10.2. The number of rotatable bonds is 5. The SMILES string of the molecule is COc1ccc(NC(=O)Nc2nnc(-c3cc(C)oc3C)o2)cc1OC. The number of ether oxygens (including phenoxy) is 2. The molecule has 1 aromatic carbocycles. The van der Waals surface area contributed by atoms with E-state index in [4.69, 9.17) is 18.3 Å². The Bertz CT molecular complexity index is 931. The number of anilines is 2. The van der Waals surface area contributed by atoms with E-state index in [9.17, 15) is 4.79 Å². The van der Waals surface area contributed by atoms with E-state index in [1.54, 1.807) is 31.2 Å². The molecule has 9 heteroatoms. The lowest BCUT2D eigenvalue weighted by Gasteiger charge is -2.10. The Morgan fingerprint density at radius 1 is 1.00 bits per heavy atom. The minimum atomic E-state index is -0.535. The Balaban J connectivity index is 1.68. The molecular weight excluding hydrogens is 340 g/mol. The first-order valence-corrected chi connectivity index (χ1v) is 7.71. The van der Waals surface area contributed by atoms with Crippen molar-refractivity contribution in [2.24, 2.45) is 0 Å². The summed E-state index contributed by atoms with van der Waals surface area (Å²) >= 11 is 0. The van der Waals surface area contributed by atoms with Gasteiger partial charge in [0.2, 0.25) is 0 Å². The number of benzene rings is 1. The molecule has 0 saturated heterocycles. The molecule has 0 aliphatic carbocycles. The molecule has 0 fully saturated rings. The van der Waals surface area contributed by atoms with Crippen molar-refractivity contribution < 1.29 is 23.1 Å². The van der Waals surface area contributed by atoms with E-state index in [2.05, 4.69) is 20.8 Å². The van der Waals surface area contributed by atoms with Crippen LogP contribution in [0.3, 0.4) is 0 Å². The largest absolute Gasteiger partial charge is 0.493 e. The zero-order valence-corrected chi connectivity index (χ0v) is 14.7. The molecule has 2 aromatic heterocycles. The van der Waals surface area contributed by atoms with Gasteiger partial charge in [0.05, 0.1) is 19.8 Å². The summed E-state index contributed by atoms with van der Waals surface area (Å²) in [6.45, 7) is 3.62. The molecule has 2 N–H and O–H groups in total. The zero-order chi connectivity index (χ0) is 18.7. The van der Waals surface area contributed by atoms with Crippen molar-refractivity contribution in [1.82, 2.24) is 10.2 Å². The number of amides is 2. The van der Waals surface area contributed by atoms with Gasteiger partial charge in [-0.1, -0.05) is 5.10 Å². The summed E-state index contributed by atoms with van der Waals surface area (Å²) in [6, 6.07) is 6.22. The van der Waals surface area contributed by atoms with Crippen LogP contribution in [0.4, 0.5) is 16.5 Å². The molecule has 2 heterocycles. The average Bonchev–Trinajstić information content (AvgIpc) is 3.20. The van der Waals surface area contributed by atoms with Gasteiger partial charge in [-0.15, -0.1) is 5.10 Å². The average molecular weight is 358 g/mol. The maximum Gasteiger partial charge on any atom is 0.327 e. The van der Waals surface area contributed by atoms with Crippen LogP contribution >= 0.6 is 0 Å². The van der Waals surface area contributed by atoms with E-state index in [1.807, 2.05) is 6.92 Å². The Morgan fingerprint density at radius 3 is 2.42 bits per heavy atom. The van der Waals surface area contributed by atoms with E-state index >= 15 is 0 Å². The van der Waals surface area contributed by atoms with Crippen LogP contribution in [0, 0.1) is 13.8 Å². The molecular formula is C17H18N4O5. The van der Waals surface area contributed by atoms with E-state index in [-0.39, 0.29) is 11.9 Å². The molecule has 3 aromatic rings. The molecule has 3 rings (SSSR count). The Kier molecular flexibility index (Phi) is 4.78. The number of hydrogen-bond acceptors (Lipinski definition) is 7. The summed E-state index contributed by atoms with van der Waals surface area (Å²) in [5.74, 6) is 2.71. The van der Waals surface area contributed by atoms with Gasteiger partial charge in [-0.2, -0.15) is 0 Å². The van der Waals surface area contributed by atoms with Crippen LogP contribution in [0.2, 0.25) is 0 Å². The molecule has 0 aliphatic heterocycles. The number of furan rings is 1. The minimum Gasteiger partial charge on any atom is -0.493 e. The highest BCUT2D eigenvalue weighted by Gasteiger charge is 2.16. The summed E-state index contributed by atoms with van der Waals surface area (Å²) < 4.78 is 21.2. The van der Waals surface area contributed by atoms with Crippen molar-refractivity contribution in [3.63, 3.8) is 0 Å². The number of nitrogens with one attached hydrogen (secondary N) is 2. The van der Waals surface area contributed by atoms with Gasteiger partial charge in [0.1, 0.15) is 11.5 Å². The number of nitrogens with zero attached hydrogens (tertiary/aromatic N) is 2. The normalized spacial score (nSPS) is 10.5. The second kappa shape index (κ2) is 7.18. The Morgan fingerprint density at radius 2 is 1.77 bits per heavy atom. The predicted octanol–water partition coefficient (Wildman–Crippen LogP) is 3.61. The highest BCUT2D eigenvalue weighted by molar-refractivity contribution is 5.98. The lowest BCUT2D eigenvalue weighted by molar-refractivity contribution is 0.261. The summed E-state index contributed by atoms with van der Waals surface area (Å²) in [7, 11) is 3.05. The van der Waals surface area contributed by atoms with Gasteiger partial charge in [-0.05, 0) is 32.0 Å². The van der Waals surface area contributed by atoms with Gasteiger partial charge in [-0.3, -0.25) is 5.32 Å². The molecule has 0 atom stereocenters. The summed E-state index contributed by atoms with van der Waals surface area (Å²) in [5, 5.41) is 12.9. The molecule has 0 unspecified atom stereocenters. The van der Waals surface area contributed by atoms with Crippen molar-refractivity contribution in [3.05, 3.63) is 35.8 Å². The van der Waals surface area contributed by atoms with Gasteiger partial charge >= 0.3 is 12.0 Å². The molecule has 9 nitrogen and oxygen atoms in total. The monoisotopic (exact) mass is 358 g/mol. The maximum absolute atomic E-state index is 12.1. The number of aromatic nitrogens is 2. The first-order valence-electron chi connectivity index (χ1n) is 7.71. The van der Waals surface area contributed by atoms with Crippen LogP contribution in [-0.2, 0) is 0 Å². The summed E-state index contributed by atoms with van der Waals surface area (Å²) in [4.78, 5) is 12.1. The number of methoxy groups -OCH3 is 2. The van der Waals surface area contributed by atoms with Gasteiger partial charge in [0.25, 0.3) is 5.89 Å². The highest BCUT2D eigenvalue weighted by Crippen LogP contribution is 2.30. The van der Waals surface area contributed by atoms with E-state index in [0.29, 0.717) is 28.5 Å². The number of urea groups is 1. The Labute approximate surface area is 149 Å². The molecule has 0 radical (unpaired) electrons. The predicted molar refractivity (Wildman–Crippen MR) is 93.7 cm³/mol. The third-order valence-corrected chi connectivity index (χ3v) is 3.56. The van der Waals surface area contributed by atoms with Crippen LogP contribution in [0.25, 0.3) is 11.5 Å². The molecule has 0 spiro atoms. The van der Waals surface area contributed by atoms with Crippen LogP contribution in [0.15, 0.2) is 33.1 Å². The number of carbonyl (C=O) groups excluding carboxylic acids is 1. The van der Waals surface area contributed by atoms with E-state index < -0.39 is 6.03 Å². The fourth-order valence-electron chi connectivity index (χ4n) is 2.40. The fourth-order valence-corrected chi connectivity index (χ4v) is 2.40. The van der Waals surface area contributed by atoms with E-state index in [1.165, 1.54) is 14.2 Å². The molecule has 26 heavy (non-hydrogen) atoms. The minimum absolute atomic E-state index is 0.0313. The van der Waals surface area contributed by atoms with Crippen molar-refractivity contribution in [3.8, 4) is 23.0 Å². The lowest BCUT2D eigenvalue weighted by Crippen LogP contribution is -2.19. The van der Waals surface area contributed by atoms with Crippen LogP contribution in [0.1, 0.15) is 11.5 Å². The molecule has 0 saturated carbocycles. The number of carbonyl (C=O) groups is 1. The van der Waals surface area contributed by atoms with Gasteiger partial charge in [-0.25, -0.2) is 4.79 Å². The summed E-state index contributed by atoms with van der Waals surface area (Å²) in [6.07, 6.45) is 0. The van der Waals surface area contributed by atoms with Crippen LogP contribution in [0.5, 0.6) is 11.5 Å². The van der Waals surface area contributed by atoms with Crippen molar-refractivity contribution in [2.45, 2.75) is 13.8 Å². The van der Waals surface area contributed by atoms with Crippen molar-refractivity contribution in [1.29, 1.82) is 0 Å². The quantitative estimate of drug-likeness (QED) is 0.716. The third kappa shape index (κ3) is 3.61. The highest BCUT2D eigenvalue weighted by atomic mass is 16.5. The smallest absolute Gasteiger partial charge is 0.327 e. The fraction of sp³-hybridized carbons (Fsp3) is 0.235. The first kappa shape index (κ1) is 17.3. The number of hydrogen-bond donors (Lipinski definition) is 2. The second-order valence-corrected chi connectivity index (χ2v) is 5.39. The zero-order valence-electron chi connectivity index (χ0n) is 14.7. The van der Waals surface area contributed by atoms with Gasteiger partial charge in [0.15, 0.2) is 11.5 Å². The maximum atomic E-state index is 12.1. The van der Waals surface area contributed by atoms with Gasteiger partial charge < -0.3 is 23.6 Å². The standard InChI is InChI=1S/C17H18N4O5/c1-9-7-12(10(2)25-9)15-20-21-17(26-15)19-16(22)18-11-5-6-13(23-3)14(8-11)24-4/h5-8H,1-4H3,(H2,18,19,21,22). The van der Waals surface area contributed by atoms with E-state index in [0.717, 1.165) is 5.76 Å². The van der Waals surface area contributed by atoms with Crippen LogP contribution in [-0.4, -0.2) is 30.4 Å². The third-order valence-electron chi connectivity index (χ3n) is 3.56. The number of aryl methyl sites for hydroxylation is 2. The molecule has 2 amide bonds. The summed E-state index contributed by atoms with van der Waals surface area (Å²) in [5.41, 5.74) is 1.20. The second-order valence-electron chi connectivity index (χ2n) is 5.39.